The summed E-state index contributed by atoms with van der Waals surface area (Å²) >= 11 is 0. The van der Waals surface area contributed by atoms with Crippen LogP contribution >= 0.6 is 0 Å². The SMILES string of the molecule is CC(=O)Nc1ccc(CN2CCCN(C(=O)c3ccc4nonc4c3)CC2)cc1. The lowest BCUT2D eigenvalue weighted by Crippen LogP contribution is -2.35. The van der Waals surface area contributed by atoms with Gasteiger partial charge in [0, 0.05) is 50.9 Å². The topological polar surface area (TPSA) is 91.6 Å². The molecule has 0 bridgehead atoms. The van der Waals surface area contributed by atoms with Crippen LogP contribution in [0.5, 0.6) is 0 Å². The van der Waals surface area contributed by atoms with Crippen LogP contribution in [0.4, 0.5) is 5.69 Å². The van der Waals surface area contributed by atoms with Gasteiger partial charge in [-0.2, -0.15) is 0 Å². The van der Waals surface area contributed by atoms with Gasteiger partial charge in [0.1, 0.15) is 11.0 Å². The molecule has 3 aromatic rings. The van der Waals surface area contributed by atoms with Gasteiger partial charge in [-0.15, -0.1) is 0 Å². The maximum absolute atomic E-state index is 12.9. The third-order valence-corrected chi connectivity index (χ3v) is 5.06. The van der Waals surface area contributed by atoms with Gasteiger partial charge in [0.2, 0.25) is 5.91 Å². The number of carbonyl (C=O) groups excluding carboxylic acids is 2. The Hall–Kier alpha value is -3.26. The van der Waals surface area contributed by atoms with E-state index in [2.05, 4.69) is 20.5 Å². The molecular weight excluding hydrogens is 370 g/mol. The van der Waals surface area contributed by atoms with Gasteiger partial charge in [-0.25, -0.2) is 4.63 Å². The number of fused-ring (bicyclic) bond motifs is 1. The van der Waals surface area contributed by atoms with Gasteiger partial charge in [-0.05, 0) is 52.6 Å². The van der Waals surface area contributed by atoms with E-state index in [0.29, 0.717) is 23.1 Å². The number of hydrogen-bond acceptors (Lipinski definition) is 6. The molecule has 150 valence electrons. The average molecular weight is 393 g/mol. The van der Waals surface area contributed by atoms with E-state index in [1.165, 1.54) is 12.5 Å². The molecule has 2 heterocycles. The highest BCUT2D eigenvalue weighted by atomic mass is 16.6. The summed E-state index contributed by atoms with van der Waals surface area (Å²) in [4.78, 5) is 28.3. The second-order valence-electron chi connectivity index (χ2n) is 7.27. The minimum atomic E-state index is -0.0750. The molecule has 1 aliphatic heterocycles. The minimum absolute atomic E-state index is 0.0106. The predicted molar refractivity (Wildman–Crippen MR) is 108 cm³/mol. The highest BCUT2D eigenvalue weighted by Gasteiger charge is 2.21. The highest BCUT2D eigenvalue weighted by Crippen LogP contribution is 2.16. The van der Waals surface area contributed by atoms with Gasteiger partial charge in [-0.3, -0.25) is 14.5 Å². The van der Waals surface area contributed by atoms with Crippen molar-refractivity contribution in [3.63, 3.8) is 0 Å². The zero-order valence-corrected chi connectivity index (χ0v) is 16.3. The minimum Gasteiger partial charge on any atom is -0.337 e. The predicted octanol–water partition coefficient (Wildman–Crippen LogP) is 2.53. The first-order chi connectivity index (χ1) is 14.1. The Morgan fingerprint density at radius 3 is 2.59 bits per heavy atom. The van der Waals surface area contributed by atoms with Crippen molar-refractivity contribution in [2.24, 2.45) is 0 Å². The van der Waals surface area contributed by atoms with E-state index < -0.39 is 0 Å². The maximum Gasteiger partial charge on any atom is 0.253 e. The number of hydrogen-bond donors (Lipinski definition) is 1. The molecule has 4 rings (SSSR count). The Morgan fingerprint density at radius 2 is 1.79 bits per heavy atom. The lowest BCUT2D eigenvalue weighted by Gasteiger charge is -2.22. The fourth-order valence-corrected chi connectivity index (χ4v) is 3.58. The number of aromatic nitrogens is 2. The Labute approximate surface area is 168 Å². The molecule has 0 unspecified atom stereocenters. The third kappa shape index (κ3) is 4.60. The summed E-state index contributed by atoms with van der Waals surface area (Å²) < 4.78 is 4.71. The Morgan fingerprint density at radius 1 is 1.00 bits per heavy atom. The monoisotopic (exact) mass is 393 g/mol. The van der Waals surface area contributed by atoms with E-state index in [4.69, 9.17) is 4.63 Å². The van der Waals surface area contributed by atoms with Gasteiger partial charge in [0.15, 0.2) is 0 Å². The summed E-state index contributed by atoms with van der Waals surface area (Å²) in [5, 5.41) is 10.4. The number of nitrogens with one attached hydrogen (secondary N) is 1. The summed E-state index contributed by atoms with van der Waals surface area (Å²) in [5.41, 5.74) is 3.83. The molecule has 1 fully saturated rings. The summed E-state index contributed by atoms with van der Waals surface area (Å²) in [6, 6.07) is 13.1. The third-order valence-electron chi connectivity index (χ3n) is 5.06. The molecule has 1 N–H and O–H groups in total. The van der Waals surface area contributed by atoms with Crippen LogP contribution in [0.2, 0.25) is 0 Å². The van der Waals surface area contributed by atoms with Crippen molar-refractivity contribution in [3.05, 3.63) is 53.6 Å². The van der Waals surface area contributed by atoms with Crippen molar-refractivity contribution < 1.29 is 14.2 Å². The average Bonchev–Trinajstić information content (AvgIpc) is 3.06. The van der Waals surface area contributed by atoms with Gasteiger partial charge < -0.3 is 10.2 Å². The molecule has 0 saturated carbocycles. The smallest absolute Gasteiger partial charge is 0.253 e. The molecule has 8 nitrogen and oxygen atoms in total. The van der Waals surface area contributed by atoms with Crippen LogP contribution < -0.4 is 5.32 Å². The van der Waals surface area contributed by atoms with Crippen LogP contribution in [0.15, 0.2) is 47.1 Å². The van der Waals surface area contributed by atoms with Gasteiger partial charge >= 0.3 is 0 Å². The van der Waals surface area contributed by atoms with E-state index in [0.717, 1.165) is 38.3 Å². The lowest BCUT2D eigenvalue weighted by atomic mass is 10.1. The summed E-state index contributed by atoms with van der Waals surface area (Å²) in [6.45, 7) is 5.47. The number of anilines is 1. The fraction of sp³-hybridized carbons (Fsp3) is 0.333. The van der Waals surface area contributed by atoms with Crippen LogP contribution in [0, 0.1) is 0 Å². The molecule has 1 aliphatic rings. The molecule has 0 radical (unpaired) electrons. The maximum atomic E-state index is 12.9. The van der Waals surface area contributed by atoms with Gasteiger partial charge in [0.25, 0.3) is 5.91 Å². The van der Waals surface area contributed by atoms with Crippen molar-refractivity contribution >= 4 is 28.5 Å². The first-order valence-electron chi connectivity index (χ1n) is 9.69. The molecule has 0 atom stereocenters. The van der Waals surface area contributed by atoms with E-state index in [-0.39, 0.29) is 11.8 Å². The van der Waals surface area contributed by atoms with Gasteiger partial charge in [-0.1, -0.05) is 12.1 Å². The summed E-state index contributed by atoms with van der Waals surface area (Å²) in [7, 11) is 0. The van der Waals surface area contributed by atoms with Gasteiger partial charge in [0.05, 0.1) is 0 Å². The first-order valence-corrected chi connectivity index (χ1v) is 9.69. The van der Waals surface area contributed by atoms with E-state index in [9.17, 15) is 9.59 Å². The molecule has 0 spiro atoms. The Kier molecular flexibility index (Phi) is 5.53. The fourth-order valence-electron chi connectivity index (χ4n) is 3.58. The number of nitrogens with zero attached hydrogens (tertiary/aromatic N) is 4. The van der Waals surface area contributed by atoms with Crippen molar-refractivity contribution in [1.29, 1.82) is 0 Å². The van der Waals surface area contributed by atoms with E-state index in [1.807, 2.05) is 29.2 Å². The van der Waals surface area contributed by atoms with Crippen LogP contribution in [-0.4, -0.2) is 58.1 Å². The molecule has 0 aliphatic carbocycles. The molecule has 2 amide bonds. The van der Waals surface area contributed by atoms with Crippen LogP contribution in [-0.2, 0) is 11.3 Å². The second kappa shape index (κ2) is 8.40. The van der Waals surface area contributed by atoms with Crippen molar-refractivity contribution in [2.75, 3.05) is 31.5 Å². The first kappa shape index (κ1) is 19.1. The lowest BCUT2D eigenvalue weighted by molar-refractivity contribution is -0.114. The summed E-state index contributed by atoms with van der Waals surface area (Å²) in [5.74, 6) is -0.0644. The van der Waals surface area contributed by atoms with Crippen molar-refractivity contribution in [1.82, 2.24) is 20.1 Å². The van der Waals surface area contributed by atoms with Crippen LogP contribution in [0.1, 0.15) is 29.3 Å². The number of rotatable bonds is 4. The molecule has 1 saturated heterocycles. The molecule has 8 heteroatoms. The molecule has 1 aromatic heterocycles. The number of amides is 2. The zero-order valence-electron chi connectivity index (χ0n) is 16.3. The highest BCUT2D eigenvalue weighted by molar-refractivity contribution is 5.97. The van der Waals surface area contributed by atoms with E-state index in [1.54, 1.807) is 18.2 Å². The standard InChI is InChI=1S/C21H23N5O3/c1-15(27)22-18-6-3-16(4-7-18)14-25-9-2-10-26(12-11-25)21(28)17-5-8-19-20(13-17)24-29-23-19/h3-8,13H,2,9-12,14H2,1H3,(H,22,27). The van der Waals surface area contributed by atoms with Crippen LogP contribution in [0.3, 0.4) is 0 Å². The van der Waals surface area contributed by atoms with Crippen molar-refractivity contribution in [2.45, 2.75) is 19.9 Å². The molecular formula is C21H23N5O3. The zero-order chi connectivity index (χ0) is 20.2. The van der Waals surface area contributed by atoms with Crippen LogP contribution in [0.25, 0.3) is 11.0 Å². The Bertz CT molecular complexity index is 1010. The number of carbonyl (C=O) groups is 2. The molecule has 29 heavy (non-hydrogen) atoms. The summed E-state index contributed by atoms with van der Waals surface area (Å²) in [6.07, 6.45) is 0.920. The molecule has 2 aromatic carbocycles. The quantitative estimate of drug-likeness (QED) is 0.732. The van der Waals surface area contributed by atoms with Crippen molar-refractivity contribution in [3.8, 4) is 0 Å². The Balaban J connectivity index is 1.36. The van der Waals surface area contributed by atoms with E-state index >= 15 is 0 Å². The number of benzene rings is 2. The second-order valence-corrected chi connectivity index (χ2v) is 7.27. The normalized spacial score (nSPS) is 15.3. The largest absolute Gasteiger partial charge is 0.337 e.